The smallest absolute Gasteiger partial charge is 0.0809 e. The van der Waals surface area contributed by atoms with Crippen molar-refractivity contribution in [2.24, 2.45) is 0 Å². The largest absolute Gasteiger partial charge is 0.354 e. The first kappa shape index (κ1) is 10.9. The molecule has 0 saturated heterocycles. The molecule has 3 aromatic carbocycles. The van der Waals surface area contributed by atoms with Gasteiger partial charge in [-0.15, -0.1) is 0 Å². The second-order valence-corrected chi connectivity index (χ2v) is 5.41. The van der Waals surface area contributed by atoms with Crippen LogP contribution in [-0.2, 0) is 0 Å². The minimum atomic E-state index is 1.04. The maximum Gasteiger partial charge on any atom is 0.0809 e. The lowest BCUT2D eigenvalue weighted by atomic mass is 10.1. The van der Waals surface area contributed by atoms with Gasteiger partial charge in [-0.25, -0.2) is 4.98 Å². The van der Waals surface area contributed by atoms with Gasteiger partial charge in [-0.1, -0.05) is 42.5 Å². The molecule has 1 N–H and O–H groups in total. The predicted molar refractivity (Wildman–Crippen MR) is 88.6 cm³/mol. The molecule has 0 amide bonds. The lowest BCUT2D eigenvalue weighted by Crippen LogP contribution is -1.83. The Morgan fingerprint density at radius 3 is 2.57 bits per heavy atom. The summed E-state index contributed by atoms with van der Waals surface area (Å²) in [7, 11) is 0. The number of fused-ring (bicyclic) bond motifs is 6. The predicted octanol–water partition coefficient (Wildman–Crippen LogP) is 5.02. The standard InChI is InChI=1S/C19H12N2/c1-3-7-15-12(5-1)11-13-9-10-17-18(19(13)21-15)14-6-2-4-8-16(14)20-17/h1-11,20H. The number of H-pyrrole nitrogens is 1. The van der Waals surface area contributed by atoms with Gasteiger partial charge in [0.15, 0.2) is 0 Å². The van der Waals surface area contributed by atoms with E-state index in [4.69, 9.17) is 4.98 Å². The van der Waals surface area contributed by atoms with Crippen LogP contribution in [0.3, 0.4) is 0 Å². The van der Waals surface area contributed by atoms with E-state index in [1.165, 1.54) is 21.5 Å². The van der Waals surface area contributed by atoms with Crippen molar-refractivity contribution in [3.63, 3.8) is 0 Å². The van der Waals surface area contributed by atoms with Gasteiger partial charge >= 0.3 is 0 Å². The summed E-state index contributed by atoms with van der Waals surface area (Å²) in [5.74, 6) is 0. The molecule has 2 nitrogen and oxygen atoms in total. The minimum absolute atomic E-state index is 1.04. The number of benzene rings is 3. The van der Waals surface area contributed by atoms with Crippen LogP contribution in [0.5, 0.6) is 0 Å². The highest BCUT2D eigenvalue weighted by Crippen LogP contribution is 2.32. The van der Waals surface area contributed by atoms with Crippen LogP contribution in [0.15, 0.2) is 66.7 Å². The average molecular weight is 268 g/mol. The molecule has 0 aliphatic heterocycles. The topological polar surface area (TPSA) is 28.7 Å². The third kappa shape index (κ3) is 1.44. The van der Waals surface area contributed by atoms with Crippen molar-refractivity contribution in [1.82, 2.24) is 9.97 Å². The van der Waals surface area contributed by atoms with Gasteiger partial charge in [-0.2, -0.15) is 0 Å². The van der Waals surface area contributed by atoms with E-state index >= 15 is 0 Å². The molecule has 2 heteroatoms. The van der Waals surface area contributed by atoms with Crippen molar-refractivity contribution >= 4 is 43.6 Å². The van der Waals surface area contributed by atoms with Gasteiger partial charge in [0, 0.05) is 32.6 Å². The van der Waals surface area contributed by atoms with Gasteiger partial charge in [0.1, 0.15) is 0 Å². The minimum Gasteiger partial charge on any atom is -0.354 e. The zero-order valence-electron chi connectivity index (χ0n) is 11.3. The molecule has 2 aromatic heterocycles. The number of nitrogens with zero attached hydrogens (tertiary/aromatic N) is 1. The van der Waals surface area contributed by atoms with Crippen LogP contribution in [0.4, 0.5) is 0 Å². The molecule has 0 saturated carbocycles. The molecule has 0 spiro atoms. The van der Waals surface area contributed by atoms with Crippen LogP contribution in [-0.4, -0.2) is 9.97 Å². The maximum absolute atomic E-state index is 4.91. The van der Waals surface area contributed by atoms with E-state index in [2.05, 4.69) is 65.6 Å². The van der Waals surface area contributed by atoms with Crippen LogP contribution in [0.1, 0.15) is 0 Å². The molecule has 0 fully saturated rings. The second kappa shape index (κ2) is 3.83. The van der Waals surface area contributed by atoms with Crippen LogP contribution in [0.25, 0.3) is 43.6 Å². The molecule has 0 radical (unpaired) electrons. The number of pyridine rings is 1. The quantitative estimate of drug-likeness (QED) is 0.392. The van der Waals surface area contributed by atoms with E-state index in [0.29, 0.717) is 0 Å². The van der Waals surface area contributed by atoms with Crippen molar-refractivity contribution in [3.8, 4) is 0 Å². The number of nitrogens with one attached hydrogen (secondary N) is 1. The molecule has 0 unspecified atom stereocenters. The zero-order chi connectivity index (χ0) is 13.8. The van der Waals surface area contributed by atoms with Crippen molar-refractivity contribution in [3.05, 3.63) is 66.7 Å². The molecule has 5 aromatic rings. The average Bonchev–Trinajstić information content (AvgIpc) is 2.92. The van der Waals surface area contributed by atoms with Crippen LogP contribution >= 0.6 is 0 Å². The Labute approximate surface area is 121 Å². The Morgan fingerprint density at radius 1 is 0.714 bits per heavy atom. The van der Waals surface area contributed by atoms with Crippen LogP contribution < -0.4 is 0 Å². The highest BCUT2D eigenvalue weighted by atomic mass is 14.7. The number of hydrogen-bond donors (Lipinski definition) is 1. The summed E-state index contributed by atoms with van der Waals surface area (Å²) in [6.45, 7) is 0. The van der Waals surface area contributed by atoms with Gasteiger partial charge in [0.2, 0.25) is 0 Å². The zero-order valence-corrected chi connectivity index (χ0v) is 11.3. The Hall–Kier alpha value is -2.87. The normalized spacial score (nSPS) is 11.8. The SMILES string of the molecule is c1ccc2nc3c(ccc4[nH]c5ccccc5c43)cc2c1. The number of para-hydroxylation sites is 2. The molecular weight excluding hydrogens is 256 g/mol. The number of aromatic amines is 1. The van der Waals surface area contributed by atoms with Gasteiger partial charge < -0.3 is 4.98 Å². The maximum atomic E-state index is 4.91. The summed E-state index contributed by atoms with van der Waals surface area (Å²) in [6, 6.07) is 23.2. The van der Waals surface area contributed by atoms with Gasteiger partial charge in [-0.3, -0.25) is 0 Å². The third-order valence-electron chi connectivity index (χ3n) is 4.15. The second-order valence-electron chi connectivity index (χ2n) is 5.41. The monoisotopic (exact) mass is 268 g/mol. The molecular formula is C19H12N2. The summed E-state index contributed by atoms with van der Waals surface area (Å²) in [5, 5.41) is 4.82. The lowest BCUT2D eigenvalue weighted by Gasteiger charge is -2.03. The van der Waals surface area contributed by atoms with Gasteiger partial charge in [0.25, 0.3) is 0 Å². The van der Waals surface area contributed by atoms with Crippen LogP contribution in [0.2, 0.25) is 0 Å². The van der Waals surface area contributed by atoms with Crippen molar-refractivity contribution in [2.45, 2.75) is 0 Å². The third-order valence-corrected chi connectivity index (χ3v) is 4.15. The Bertz CT molecular complexity index is 1140. The fraction of sp³-hybridized carbons (Fsp3) is 0. The number of rotatable bonds is 0. The molecule has 21 heavy (non-hydrogen) atoms. The summed E-state index contributed by atoms with van der Waals surface area (Å²) >= 11 is 0. The fourth-order valence-corrected chi connectivity index (χ4v) is 3.18. The summed E-state index contributed by atoms with van der Waals surface area (Å²) < 4.78 is 0. The molecule has 0 bridgehead atoms. The highest BCUT2D eigenvalue weighted by molar-refractivity contribution is 6.19. The van der Waals surface area contributed by atoms with E-state index in [-0.39, 0.29) is 0 Å². The first-order valence-electron chi connectivity index (χ1n) is 7.09. The molecule has 0 aliphatic carbocycles. The molecule has 5 rings (SSSR count). The molecule has 98 valence electrons. The molecule has 2 heterocycles. The first-order chi connectivity index (χ1) is 10.4. The van der Waals surface area contributed by atoms with Gasteiger partial charge in [-0.05, 0) is 24.3 Å². The summed E-state index contributed by atoms with van der Waals surface area (Å²) in [4.78, 5) is 8.39. The molecule has 0 atom stereocenters. The number of aromatic nitrogens is 2. The Kier molecular flexibility index (Phi) is 1.98. The first-order valence-corrected chi connectivity index (χ1v) is 7.09. The van der Waals surface area contributed by atoms with Crippen LogP contribution in [0, 0.1) is 0 Å². The van der Waals surface area contributed by atoms with Crippen molar-refractivity contribution < 1.29 is 0 Å². The Balaban J connectivity index is 2.09. The van der Waals surface area contributed by atoms with E-state index in [1.54, 1.807) is 0 Å². The molecule has 0 aliphatic rings. The van der Waals surface area contributed by atoms with Crippen molar-refractivity contribution in [2.75, 3.05) is 0 Å². The highest BCUT2D eigenvalue weighted by Gasteiger charge is 2.09. The Morgan fingerprint density at radius 2 is 1.57 bits per heavy atom. The fourth-order valence-electron chi connectivity index (χ4n) is 3.18. The van der Waals surface area contributed by atoms with E-state index in [0.717, 1.165) is 22.1 Å². The summed E-state index contributed by atoms with van der Waals surface area (Å²) in [5.41, 5.74) is 4.42. The van der Waals surface area contributed by atoms with Gasteiger partial charge in [0.05, 0.1) is 11.0 Å². The van der Waals surface area contributed by atoms with E-state index < -0.39 is 0 Å². The lowest BCUT2D eigenvalue weighted by molar-refractivity contribution is 1.51. The van der Waals surface area contributed by atoms with Crippen molar-refractivity contribution in [1.29, 1.82) is 0 Å². The van der Waals surface area contributed by atoms with E-state index in [9.17, 15) is 0 Å². The van der Waals surface area contributed by atoms with E-state index in [1.807, 2.05) is 6.07 Å². The summed E-state index contributed by atoms with van der Waals surface area (Å²) in [6.07, 6.45) is 0. The number of hydrogen-bond acceptors (Lipinski definition) is 1.